The van der Waals surface area contributed by atoms with Crippen LogP contribution >= 0.6 is 11.6 Å². The number of nitrogens with two attached hydrogens (primary N) is 1. The Labute approximate surface area is 178 Å². The maximum atomic E-state index is 13.3. The van der Waals surface area contributed by atoms with Gasteiger partial charge in [-0.3, -0.25) is 9.20 Å². The number of benzene rings is 1. The minimum absolute atomic E-state index is 0.0455. The average molecular weight is 444 g/mol. The molecule has 0 bridgehead atoms. The van der Waals surface area contributed by atoms with Crippen molar-refractivity contribution in [2.24, 2.45) is 0 Å². The van der Waals surface area contributed by atoms with Crippen molar-refractivity contribution in [2.45, 2.75) is 36.6 Å². The maximum Gasteiger partial charge on any atom is 0.278 e. The number of aromatic nitrogens is 3. The van der Waals surface area contributed by atoms with Gasteiger partial charge in [0.05, 0.1) is 11.4 Å². The topological polar surface area (TPSA) is 98.4 Å². The van der Waals surface area contributed by atoms with E-state index in [9.17, 15) is 13.2 Å². The number of rotatable bonds is 4. The molecule has 0 amide bonds. The predicted molar refractivity (Wildman–Crippen MR) is 116 cm³/mol. The van der Waals surface area contributed by atoms with E-state index in [-0.39, 0.29) is 26.6 Å². The minimum atomic E-state index is -3.98. The van der Waals surface area contributed by atoms with Crippen molar-refractivity contribution in [1.82, 2.24) is 9.38 Å². The van der Waals surface area contributed by atoms with E-state index < -0.39 is 9.84 Å². The van der Waals surface area contributed by atoms with Crippen LogP contribution < -0.4 is 15.9 Å². The molecule has 2 N–H and O–H groups in total. The number of nitrogens with zero attached hydrogens (tertiary/aromatic N) is 3. The van der Waals surface area contributed by atoms with Crippen LogP contribution in [-0.2, 0) is 16.4 Å². The highest BCUT2D eigenvalue weighted by Crippen LogP contribution is 2.27. The lowest BCUT2D eigenvalue weighted by atomic mass is 10.2. The first-order valence-electron chi connectivity index (χ1n) is 9.40. The molecule has 0 radical (unpaired) electrons. The zero-order chi connectivity index (χ0) is 21.6. The number of hydrogen-bond acceptors (Lipinski definition) is 5. The molecule has 0 saturated carbocycles. The van der Waals surface area contributed by atoms with Gasteiger partial charge in [-0.05, 0) is 49.7 Å². The lowest BCUT2D eigenvalue weighted by Gasteiger charge is -2.12. The van der Waals surface area contributed by atoms with Crippen molar-refractivity contribution in [3.05, 3.63) is 69.6 Å². The fraction of sp³-hybridized carbons (Fsp3) is 0.190. The summed E-state index contributed by atoms with van der Waals surface area (Å²) >= 11 is 5.90. The van der Waals surface area contributed by atoms with Crippen LogP contribution in [0.15, 0.2) is 63.2 Å². The van der Waals surface area contributed by atoms with Crippen molar-refractivity contribution >= 4 is 43.9 Å². The Hall–Kier alpha value is -2.97. The fourth-order valence-corrected chi connectivity index (χ4v) is 5.02. The summed E-state index contributed by atoms with van der Waals surface area (Å²) in [5.74, 6) is 0.0455. The summed E-state index contributed by atoms with van der Waals surface area (Å²) in [6.45, 7) is 4.22. The van der Waals surface area contributed by atoms with Crippen molar-refractivity contribution < 1.29 is 13.0 Å². The Kier molecular flexibility index (Phi) is 4.99. The normalized spacial score (nSPS) is 12.0. The van der Waals surface area contributed by atoms with Crippen molar-refractivity contribution in [3.8, 4) is 0 Å². The third kappa shape index (κ3) is 3.12. The van der Waals surface area contributed by atoms with E-state index in [1.807, 2.05) is 19.9 Å². The number of anilines is 1. The number of nitrogen functional groups attached to an aromatic ring is 1. The number of hydrogen-bond donors (Lipinski definition) is 1. The highest BCUT2D eigenvalue weighted by atomic mass is 35.5. The standard InChI is InChI=1S/C21H19ClN4O3S/c1-3-10-25-18(23)17(30(28,29)15-8-6-14(22)7-9-15)12-16-20(25)24-19-13(2)5-4-11-26(19)21(16)27/h4-9,11-12,23H,3,10H2,1-2H3/p+1. The summed E-state index contributed by atoms with van der Waals surface area (Å²) in [6, 6.07) is 10.8. The monoisotopic (exact) mass is 443 g/mol. The van der Waals surface area contributed by atoms with Gasteiger partial charge in [-0.2, -0.15) is 0 Å². The van der Waals surface area contributed by atoms with E-state index in [2.05, 4.69) is 4.98 Å². The van der Waals surface area contributed by atoms with Crippen LogP contribution in [0, 0.1) is 6.92 Å². The molecule has 0 aliphatic carbocycles. The maximum absolute atomic E-state index is 13.3. The molecule has 154 valence electrons. The molecule has 3 aromatic heterocycles. The molecule has 9 heteroatoms. The zero-order valence-electron chi connectivity index (χ0n) is 16.5. The largest absolute Gasteiger partial charge is 0.317 e. The molecule has 0 atom stereocenters. The van der Waals surface area contributed by atoms with Gasteiger partial charge in [-0.1, -0.05) is 29.6 Å². The first-order valence-corrected chi connectivity index (χ1v) is 11.3. The summed E-state index contributed by atoms with van der Waals surface area (Å²) in [6.07, 6.45) is 2.30. The summed E-state index contributed by atoms with van der Waals surface area (Å²) in [5.41, 5.74) is 7.68. The van der Waals surface area contributed by atoms with Gasteiger partial charge in [-0.15, -0.1) is 0 Å². The smallest absolute Gasteiger partial charge is 0.278 e. The van der Waals surface area contributed by atoms with Gasteiger partial charge in [0, 0.05) is 16.8 Å². The Morgan fingerprint density at radius 2 is 1.90 bits per heavy atom. The molecule has 0 saturated heterocycles. The third-order valence-electron chi connectivity index (χ3n) is 5.00. The number of aryl methyl sites for hydroxylation is 2. The Morgan fingerprint density at radius 1 is 1.20 bits per heavy atom. The molecule has 0 fully saturated rings. The molecule has 1 aromatic carbocycles. The second-order valence-electron chi connectivity index (χ2n) is 7.04. The molecule has 7 nitrogen and oxygen atoms in total. The summed E-state index contributed by atoms with van der Waals surface area (Å²) < 4.78 is 29.7. The lowest BCUT2D eigenvalue weighted by Crippen LogP contribution is -2.41. The van der Waals surface area contributed by atoms with Crippen LogP contribution in [0.5, 0.6) is 0 Å². The SMILES string of the molecule is CCC[n+]1c(N)c(S(=O)(=O)c2ccc(Cl)cc2)cc2c(=O)n3cccc(C)c3nc21. The van der Waals surface area contributed by atoms with Crippen LogP contribution in [0.25, 0.3) is 16.7 Å². The van der Waals surface area contributed by atoms with Gasteiger partial charge in [0.15, 0.2) is 0 Å². The van der Waals surface area contributed by atoms with Gasteiger partial charge in [0.25, 0.3) is 11.2 Å². The molecule has 0 unspecified atom stereocenters. The quantitative estimate of drug-likeness (QED) is 0.386. The van der Waals surface area contributed by atoms with Crippen molar-refractivity contribution in [2.75, 3.05) is 5.73 Å². The summed E-state index contributed by atoms with van der Waals surface area (Å²) in [4.78, 5) is 17.8. The van der Waals surface area contributed by atoms with E-state index in [4.69, 9.17) is 17.3 Å². The molecule has 0 spiro atoms. The average Bonchev–Trinajstić information content (AvgIpc) is 2.71. The Morgan fingerprint density at radius 3 is 2.57 bits per heavy atom. The molecule has 3 heterocycles. The Balaban J connectivity index is 2.13. The Bertz CT molecular complexity index is 1460. The number of fused-ring (bicyclic) bond motifs is 2. The minimum Gasteiger partial charge on any atom is -0.317 e. The second-order valence-corrected chi connectivity index (χ2v) is 9.40. The van der Waals surface area contributed by atoms with Crippen molar-refractivity contribution in [1.29, 1.82) is 0 Å². The zero-order valence-corrected chi connectivity index (χ0v) is 18.0. The van der Waals surface area contributed by atoms with Gasteiger partial charge in [-0.25, -0.2) is 13.0 Å². The van der Waals surface area contributed by atoms with E-state index in [1.54, 1.807) is 16.8 Å². The van der Waals surface area contributed by atoms with E-state index in [0.717, 1.165) is 5.56 Å². The van der Waals surface area contributed by atoms with Crippen molar-refractivity contribution in [3.63, 3.8) is 0 Å². The van der Waals surface area contributed by atoms with E-state index in [1.165, 1.54) is 34.7 Å². The number of halogens is 1. The predicted octanol–water partition coefficient (Wildman–Crippen LogP) is 2.92. The van der Waals surface area contributed by atoms with Gasteiger partial charge in [0.1, 0.15) is 10.3 Å². The van der Waals surface area contributed by atoms with Gasteiger partial charge in [0.2, 0.25) is 21.3 Å². The van der Waals surface area contributed by atoms with Crippen LogP contribution in [0.4, 0.5) is 5.82 Å². The fourth-order valence-electron chi connectivity index (χ4n) is 3.49. The molecular formula is C21H20ClN4O3S+. The first kappa shape index (κ1) is 20.3. The number of pyridine rings is 2. The molecule has 0 aliphatic rings. The van der Waals surface area contributed by atoms with E-state index >= 15 is 0 Å². The summed E-state index contributed by atoms with van der Waals surface area (Å²) in [5, 5.41) is 0.610. The second kappa shape index (κ2) is 7.37. The van der Waals surface area contributed by atoms with Crippen LogP contribution in [-0.4, -0.2) is 17.8 Å². The lowest BCUT2D eigenvalue weighted by molar-refractivity contribution is -0.660. The van der Waals surface area contributed by atoms with Crippen LogP contribution in [0.1, 0.15) is 18.9 Å². The molecular weight excluding hydrogens is 424 g/mol. The highest BCUT2D eigenvalue weighted by Gasteiger charge is 2.29. The third-order valence-corrected chi connectivity index (χ3v) is 7.05. The first-order chi connectivity index (χ1) is 14.3. The van der Waals surface area contributed by atoms with Crippen LogP contribution in [0.2, 0.25) is 5.02 Å². The van der Waals surface area contributed by atoms with Gasteiger partial charge >= 0.3 is 0 Å². The van der Waals surface area contributed by atoms with Gasteiger partial charge < -0.3 is 5.73 Å². The van der Waals surface area contributed by atoms with Crippen LogP contribution in [0.3, 0.4) is 0 Å². The van der Waals surface area contributed by atoms with E-state index in [0.29, 0.717) is 29.3 Å². The molecule has 0 aliphatic heterocycles. The molecule has 4 rings (SSSR count). The molecule has 30 heavy (non-hydrogen) atoms. The highest BCUT2D eigenvalue weighted by molar-refractivity contribution is 7.91. The summed E-state index contributed by atoms with van der Waals surface area (Å²) in [7, 11) is -3.98. The molecule has 4 aromatic rings. The number of sulfone groups is 1.